The second-order valence-electron chi connectivity index (χ2n) is 2.60. The minimum Gasteiger partial charge on any atom is -0.315 e. The standard InChI is InChI=1S/C6H9BrN2OS.C4H10/c1-4(11-3)9-6(10)5(7)8-2;1-3-4-2/h1H2,2-3H3,(H,9,10);3-4H2,1-2H3. The zero-order chi connectivity index (χ0) is 12.3. The Kier molecular flexibility index (Phi) is 13.4. The fraction of sp³-hybridized carbons (Fsp3) is 0.600. The van der Waals surface area contributed by atoms with Gasteiger partial charge in [0, 0.05) is 7.05 Å². The summed E-state index contributed by atoms with van der Waals surface area (Å²) in [5.74, 6) is -0.271. The third-order valence-corrected chi connectivity index (χ3v) is 2.69. The molecule has 0 fully saturated rings. The largest absolute Gasteiger partial charge is 0.315 e. The first-order chi connectivity index (χ1) is 7.03. The lowest BCUT2D eigenvalue weighted by molar-refractivity contribution is -0.113. The molecule has 0 unspecified atom stereocenters. The van der Waals surface area contributed by atoms with Crippen LogP contribution in [0.15, 0.2) is 16.6 Å². The molecule has 5 heteroatoms. The highest BCUT2D eigenvalue weighted by atomic mass is 79.9. The van der Waals surface area contributed by atoms with Crippen molar-refractivity contribution in [1.29, 1.82) is 0 Å². The molecule has 0 rings (SSSR count). The molecule has 15 heavy (non-hydrogen) atoms. The van der Waals surface area contributed by atoms with Gasteiger partial charge in [-0.1, -0.05) is 33.3 Å². The number of carbonyl (C=O) groups is 1. The van der Waals surface area contributed by atoms with Crippen LogP contribution in [0, 0.1) is 0 Å². The summed E-state index contributed by atoms with van der Waals surface area (Å²) >= 11 is 4.37. The molecule has 0 spiro atoms. The number of nitrogens with zero attached hydrogens (tertiary/aromatic N) is 1. The van der Waals surface area contributed by atoms with E-state index in [9.17, 15) is 4.79 Å². The van der Waals surface area contributed by atoms with Crippen molar-refractivity contribution >= 4 is 38.2 Å². The quantitative estimate of drug-likeness (QED) is 0.809. The fourth-order valence-corrected chi connectivity index (χ4v) is 0.625. The Morgan fingerprint density at radius 3 is 2.20 bits per heavy atom. The van der Waals surface area contributed by atoms with Gasteiger partial charge in [0.1, 0.15) is 0 Å². The van der Waals surface area contributed by atoms with Gasteiger partial charge in [-0.25, -0.2) is 0 Å². The van der Waals surface area contributed by atoms with E-state index >= 15 is 0 Å². The van der Waals surface area contributed by atoms with E-state index in [1.165, 1.54) is 31.7 Å². The molecule has 0 aliphatic heterocycles. The zero-order valence-electron chi connectivity index (χ0n) is 9.76. The van der Waals surface area contributed by atoms with Crippen molar-refractivity contribution in [2.75, 3.05) is 13.3 Å². The first-order valence-electron chi connectivity index (χ1n) is 4.69. The lowest BCUT2D eigenvalue weighted by atomic mass is 10.4. The first kappa shape index (κ1) is 17.1. The van der Waals surface area contributed by atoms with Crippen molar-refractivity contribution < 1.29 is 4.79 Å². The summed E-state index contributed by atoms with van der Waals surface area (Å²) in [4.78, 5) is 14.6. The minimum absolute atomic E-state index is 0.271. The Balaban J connectivity index is 0. The number of carbonyl (C=O) groups excluding carboxylic acids is 1. The van der Waals surface area contributed by atoms with Crippen LogP contribution in [0.2, 0.25) is 0 Å². The van der Waals surface area contributed by atoms with Crippen molar-refractivity contribution in [2.45, 2.75) is 26.7 Å². The Labute approximate surface area is 105 Å². The van der Waals surface area contributed by atoms with Gasteiger partial charge < -0.3 is 5.32 Å². The maximum Gasteiger partial charge on any atom is 0.281 e. The van der Waals surface area contributed by atoms with Crippen LogP contribution in [-0.4, -0.2) is 23.8 Å². The van der Waals surface area contributed by atoms with Crippen LogP contribution in [0.4, 0.5) is 0 Å². The predicted molar refractivity (Wildman–Crippen MR) is 73.7 cm³/mol. The molecule has 0 aromatic rings. The first-order valence-corrected chi connectivity index (χ1v) is 6.71. The molecule has 0 aromatic carbocycles. The Morgan fingerprint density at radius 1 is 1.47 bits per heavy atom. The highest BCUT2D eigenvalue weighted by molar-refractivity contribution is 9.19. The van der Waals surface area contributed by atoms with Gasteiger partial charge >= 0.3 is 0 Å². The van der Waals surface area contributed by atoms with E-state index in [-0.39, 0.29) is 10.5 Å². The summed E-state index contributed by atoms with van der Waals surface area (Å²) in [6, 6.07) is 0. The molecule has 1 amide bonds. The average Bonchev–Trinajstić information content (AvgIpc) is 2.27. The number of nitrogens with one attached hydrogen (secondary N) is 1. The Bertz CT molecular complexity index is 227. The molecule has 0 aliphatic carbocycles. The van der Waals surface area contributed by atoms with Crippen LogP contribution >= 0.6 is 27.7 Å². The number of aliphatic imine (C=N–C) groups is 1. The van der Waals surface area contributed by atoms with Gasteiger partial charge in [-0.15, -0.1) is 11.8 Å². The maximum absolute atomic E-state index is 11.0. The Morgan fingerprint density at radius 2 is 1.93 bits per heavy atom. The number of amides is 1. The summed E-state index contributed by atoms with van der Waals surface area (Å²) in [5.41, 5.74) is 0. The molecule has 0 aromatic heterocycles. The van der Waals surface area contributed by atoms with E-state index in [0.717, 1.165) is 0 Å². The van der Waals surface area contributed by atoms with E-state index in [1.54, 1.807) is 0 Å². The fourth-order valence-electron chi connectivity index (χ4n) is 0.331. The van der Waals surface area contributed by atoms with Gasteiger partial charge in [-0.05, 0) is 22.2 Å². The highest BCUT2D eigenvalue weighted by Gasteiger charge is 2.06. The van der Waals surface area contributed by atoms with Crippen LogP contribution in [0.3, 0.4) is 0 Å². The van der Waals surface area contributed by atoms with E-state index < -0.39 is 0 Å². The average molecular weight is 295 g/mol. The highest BCUT2D eigenvalue weighted by Crippen LogP contribution is 2.03. The SMILES string of the molecule is C=C(NC(=O)C(Br)=NC)SC.CCCC. The Hall–Kier alpha value is -0.290. The van der Waals surface area contributed by atoms with Gasteiger partial charge in [-0.2, -0.15) is 0 Å². The predicted octanol–water partition coefficient (Wildman–Crippen LogP) is 3.17. The molecular weight excluding hydrogens is 276 g/mol. The van der Waals surface area contributed by atoms with Crippen molar-refractivity contribution in [3.63, 3.8) is 0 Å². The number of hydrogen-bond acceptors (Lipinski definition) is 3. The molecule has 0 saturated heterocycles. The van der Waals surface area contributed by atoms with E-state index in [0.29, 0.717) is 5.03 Å². The summed E-state index contributed by atoms with van der Waals surface area (Å²) in [7, 11) is 1.53. The van der Waals surface area contributed by atoms with Gasteiger partial charge in [0.2, 0.25) is 0 Å². The second kappa shape index (κ2) is 11.8. The molecule has 0 saturated carbocycles. The summed E-state index contributed by atoms with van der Waals surface area (Å²) in [6.45, 7) is 7.95. The number of halogens is 1. The topological polar surface area (TPSA) is 41.5 Å². The van der Waals surface area contributed by atoms with Crippen LogP contribution < -0.4 is 5.32 Å². The summed E-state index contributed by atoms with van der Waals surface area (Å²) in [6.07, 6.45) is 4.47. The van der Waals surface area contributed by atoms with E-state index in [4.69, 9.17) is 0 Å². The molecule has 0 radical (unpaired) electrons. The third-order valence-electron chi connectivity index (χ3n) is 1.38. The van der Waals surface area contributed by atoms with Crippen molar-refractivity contribution in [1.82, 2.24) is 5.32 Å². The minimum atomic E-state index is -0.271. The monoisotopic (exact) mass is 294 g/mol. The lowest BCUT2D eigenvalue weighted by Gasteiger charge is -2.02. The van der Waals surface area contributed by atoms with Gasteiger partial charge in [-0.3, -0.25) is 9.79 Å². The number of hydrogen-bond donors (Lipinski definition) is 1. The molecule has 88 valence electrons. The molecule has 0 bridgehead atoms. The number of rotatable bonds is 4. The van der Waals surface area contributed by atoms with Crippen molar-refractivity contribution in [3.05, 3.63) is 11.6 Å². The van der Waals surface area contributed by atoms with Crippen LogP contribution in [0.1, 0.15) is 26.7 Å². The number of unbranched alkanes of at least 4 members (excludes halogenated alkanes) is 1. The molecule has 0 heterocycles. The molecule has 0 atom stereocenters. The summed E-state index contributed by atoms with van der Waals surface area (Å²) < 4.78 is 0.271. The zero-order valence-corrected chi connectivity index (χ0v) is 12.2. The maximum atomic E-state index is 11.0. The molecule has 0 aliphatic rings. The van der Waals surface area contributed by atoms with Crippen LogP contribution in [0.5, 0.6) is 0 Å². The summed E-state index contributed by atoms with van der Waals surface area (Å²) in [5, 5.41) is 3.14. The second-order valence-corrected chi connectivity index (χ2v) is 4.25. The smallest absolute Gasteiger partial charge is 0.281 e. The molecular formula is C10H19BrN2OS. The number of thioether (sulfide) groups is 1. The van der Waals surface area contributed by atoms with Gasteiger partial charge in [0.15, 0.2) is 4.62 Å². The lowest BCUT2D eigenvalue weighted by Crippen LogP contribution is -2.25. The molecule has 1 N–H and O–H groups in total. The van der Waals surface area contributed by atoms with Crippen LogP contribution in [0.25, 0.3) is 0 Å². The van der Waals surface area contributed by atoms with Gasteiger partial charge in [0.25, 0.3) is 5.91 Å². The normalized spacial score (nSPS) is 10.1. The third kappa shape index (κ3) is 11.6. The van der Waals surface area contributed by atoms with E-state index in [1.807, 2.05) is 6.26 Å². The van der Waals surface area contributed by atoms with Crippen molar-refractivity contribution in [3.8, 4) is 0 Å². The van der Waals surface area contributed by atoms with Gasteiger partial charge in [0.05, 0.1) is 5.03 Å². The molecule has 3 nitrogen and oxygen atoms in total. The van der Waals surface area contributed by atoms with Crippen molar-refractivity contribution in [2.24, 2.45) is 4.99 Å². The van der Waals surface area contributed by atoms with Crippen LogP contribution in [-0.2, 0) is 4.79 Å². The van der Waals surface area contributed by atoms with E-state index in [2.05, 4.69) is 46.7 Å².